The maximum atomic E-state index is 13.3. The normalized spacial score (nSPS) is 18.2. The number of benzene rings is 2. The van der Waals surface area contributed by atoms with Crippen molar-refractivity contribution >= 4 is 28.7 Å². The number of ketones is 1. The number of methoxy groups -OCH3 is 1. The Morgan fingerprint density at radius 2 is 2.00 bits per heavy atom. The van der Waals surface area contributed by atoms with Crippen LogP contribution in [0.2, 0.25) is 0 Å². The number of aromatic nitrogens is 1. The Kier molecular flexibility index (Phi) is 4.20. The van der Waals surface area contributed by atoms with Crippen molar-refractivity contribution in [2.75, 3.05) is 7.11 Å². The standard InChI is InChI=1S/C26H19NO6/c1-27-13-14(17-11-15(30-2)5-7-19(17)27)10-22-25(29)16-6-8-21-24(26(16)33-22)18(12-23(28)32-21)20-4-3-9-31-20/h3-11,13,18H,12H2,1-2H3. The second kappa shape index (κ2) is 7.13. The van der Waals surface area contributed by atoms with E-state index in [9.17, 15) is 9.59 Å². The van der Waals surface area contributed by atoms with E-state index < -0.39 is 0 Å². The number of Topliss-reactive ketones (excluding diaryl/α,β-unsaturated/α-hetero) is 1. The van der Waals surface area contributed by atoms with Crippen molar-refractivity contribution in [3.63, 3.8) is 0 Å². The summed E-state index contributed by atoms with van der Waals surface area (Å²) in [5.41, 5.74) is 2.93. The van der Waals surface area contributed by atoms with Crippen molar-refractivity contribution in [1.82, 2.24) is 4.57 Å². The summed E-state index contributed by atoms with van der Waals surface area (Å²) < 4.78 is 24.5. The summed E-state index contributed by atoms with van der Waals surface area (Å²) in [5.74, 6) is 1.40. The highest BCUT2D eigenvalue weighted by Crippen LogP contribution is 2.49. The van der Waals surface area contributed by atoms with Crippen molar-refractivity contribution in [2.45, 2.75) is 12.3 Å². The van der Waals surface area contributed by atoms with Gasteiger partial charge < -0.3 is 23.2 Å². The Morgan fingerprint density at radius 3 is 2.79 bits per heavy atom. The largest absolute Gasteiger partial charge is 0.497 e. The van der Waals surface area contributed by atoms with Crippen LogP contribution in [-0.2, 0) is 11.8 Å². The van der Waals surface area contributed by atoms with Crippen LogP contribution in [0, 0.1) is 0 Å². The van der Waals surface area contributed by atoms with Gasteiger partial charge in [0.1, 0.15) is 23.0 Å². The molecule has 7 heteroatoms. The number of fused-ring (bicyclic) bond motifs is 4. The fraction of sp³-hybridized carbons (Fsp3) is 0.154. The van der Waals surface area contributed by atoms with Crippen LogP contribution in [0.3, 0.4) is 0 Å². The third-order valence-corrected chi connectivity index (χ3v) is 6.18. The van der Waals surface area contributed by atoms with Crippen molar-refractivity contribution < 1.29 is 28.2 Å². The Labute approximate surface area is 188 Å². The maximum Gasteiger partial charge on any atom is 0.312 e. The van der Waals surface area contributed by atoms with E-state index in [0.29, 0.717) is 28.4 Å². The molecule has 0 bridgehead atoms. The van der Waals surface area contributed by atoms with Crippen LogP contribution >= 0.6 is 0 Å². The van der Waals surface area contributed by atoms with Gasteiger partial charge in [-0.3, -0.25) is 9.59 Å². The van der Waals surface area contributed by atoms with Crippen molar-refractivity contribution in [3.05, 3.63) is 83.1 Å². The Morgan fingerprint density at radius 1 is 1.12 bits per heavy atom. The van der Waals surface area contributed by atoms with E-state index in [1.165, 1.54) is 0 Å². The topological polar surface area (TPSA) is 79.9 Å². The number of carbonyl (C=O) groups excluding carboxylic acids is 2. The van der Waals surface area contributed by atoms with E-state index in [0.717, 1.165) is 22.2 Å². The van der Waals surface area contributed by atoms with Crippen LogP contribution in [0.15, 0.2) is 65.1 Å². The summed E-state index contributed by atoms with van der Waals surface area (Å²) in [7, 11) is 3.56. The molecule has 0 aliphatic carbocycles. The number of ether oxygens (including phenoxy) is 3. The summed E-state index contributed by atoms with van der Waals surface area (Å²) in [6.45, 7) is 0. The first-order valence-electron chi connectivity index (χ1n) is 10.5. The van der Waals surface area contributed by atoms with Gasteiger partial charge in [-0.2, -0.15) is 0 Å². The zero-order valence-electron chi connectivity index (χ0n) is 18.0. The van der Waals surface area contributed by atoms with E-state index in [-0.39, 0.29) is 29.9 Å². The van der Waals surface area contributed by atoms with Crippen molar-refractivity contribution in [3.8, 4) is 17.2 Å². The monoisotopic (exact) mass is 441 g/mol. The second-order valence-corrected chi connectivity index (χ2v) is 8.12. The molecule has 2 aromatic carbocycles. The summed E-state index contributed by atoms with van der Waals surface area (Å²) >= 11 is 0. The van der Waals surface area contributed by atoms with E-state index in [2.05, 4.69) is 0 Å². The number of carbonyl (C=O) groups is 2. The lowest BCUT2D eigenvalue weighted by molar-refractivity contribution is -0.135. The molecular weight excluding hydrogens is 422 g/mol. The summed E-state index contributed by atoms with van der Waals surface area (Å²) in [6.07, 6.45) is 5.35. The molecule has 0 spiro atoms. The molecule has 2 aliphatic heterocycles. The lowest BCUT2D eigenvalue weighted by atomic mass is 9.88. The molecule has 0 N–H and O–H groups in total. The molecule has 1 atom stereocenters. The minimum Gasteiger partial charge on any atom is -0.497 e. The van der Waals surface area contributed by atoms with E-state index in [1.807, 2.05) is 42.1 Å². The highest BCUT2D eigenvalue weighted by Gasteiger charge is 2.39. The van der Waals surface area contributed by atoms with Crippen LogP contribution < -0.4 is 14.2 Å². The van der Waals surface area contributed by atoms with E-state index >= 15 is 0 Å². The van der Waals surface area contributed by atoms with Gasteiger partial charge in [-0.1, -0.05) is 0 Å². The van der Waals surface area contributed by atoms with Crippen LogP contribution in [0.5, 0.6) is 17.2 Å². The second-order valence-electron chi connectivity index (χ2n) is 8.12. The predicted molar refractivity (Wildman–Crippen MR) is 120 cm³/mol. The minimum absolute atomic E-state index is 0.108. The van der Waals surface area contributed by atoms with Gasteiger partial charge in [-0.05, 0) is 48.5 Å². The molecule has 7 nitrogen and oxygen atoms in total. The fourth-order valence-electron chi connectivity index (χ4n) is 4.62. The lowest BCUT2D eigenvalue weighted by Gasteiger charge is -2.24. The number of aryl methyl sites for hydroxylation is 1. The summed E-state index contributed by atoms with van der Waals surface area (Å²) in [6, 6.07) is 12.7. The molecule has 164 valence electrons. The van der Waals surface area contributed by atoms with Gasteiger partial charge in [0, 0.05) is 35.3 Å². The van der Waals surface area contributed by atoms with Crippen LogP contribution in [0.25, 0.3) is 17.0 Å². The van der Waals surface area contributed by atoms with Crippen LogP contribution in [0.1, 0.15) is 39.6 Å². The first-order valence-corrected chi connectivity index (χ1v) is 10.5. The lowest BCUT2D eigenvalue weighted by Crippen LogP contribution is -2.21. The fourth-order valence-corrected chi connectivity index (χ4v) is 4.62. The molecule has 1 unspecified atom stereocenters. The first kappa shape index (κ1) is 19.4. The number of furan rings is 1. The number of allylic oxidation sites excluding steroid dienone is 1. The average molecular weight is 441 g/mol. The summed E-state index contributed by atoms with van der Waals surface area (Å²) in [5, 5.41) is 0.945. The molecular formula is C26H19NO6. The molecule has 0 saturated carbocycles. The van der Waals surface area contributed by atoms with Crippen molar-refractivity contribution in [1.29, 1.82) is 0 Å². The molecule has 4 heterocycles. The molecule has 4 aromatic rings. The molecule has 0 radical (unpaired) electrons. The molecule has 2 aromatic heterocycles. The van der Waals surface area contributed by atoms with Crippen LogP contribution in [-0.4, -0.2) is 23.4 Å². The first-order chi connectivity index (χ1) is 16.0. The molecule has 0 fully saturated rings. The molecule has 0 amide bonds. The smallest absolute Gasteiger partial charge is 0.312 e. The Balaban J connectivity index is 1.47. The van der Waals surface area contributed by atoms with Crippen LogP contribution in [0.4, 0.5) is 0 Å². The maximum absolute atomic E-state index is 13.3. The number of rotatable bonds is 3. The molecule has 0 saturated heterocycles. The number of hydrogen-bond acceptors (Lipinski definition) is 6. The van der Waals surface area contributed by atoms with Gasteiger partial charge in [0.2, 0.25) is 5.78 Å². The molecule has 33 heavy (non-hydrogen) atoms. The number of esters is 1. The zero-order valence-corrected chi connectivity index (χ0v) is 18.0. The quantitative estimate of drug-likeness (QED) is 0.257. The van der Waals surface area contributed by atoms with Gasteiger partial charge >= 0.3 is 5.97 Å². The van der Waals surface area contributed by atoms with Gasteiger partial charge in [-0.15, -0.1) is 0 Å². The zero-order chi connectivity index (χ0) is 22.7. The van der Waals surface area contributed by atoms with Gasteiger partial charge in [0.15, 0.2) is 5.76 Å². The van der Waals surface area contributed by atoms with E-state index in [4.69, 9.17) is 18.6 Å². The summed E-state index contributed by atoms with van der Waals surface area (Å²) in [4.78, 5) is 25.4. The average Bonchev–Trinajstić information content (AvgIpc) is 3.53. The minimum atomic E-state index is -0.389. The highest BCUT2D eigenvalue weighted by molar-refractivity contribution is 6.15. The molecule has 6 rings (SSSR count). The van der Waals surface area contributed by atoms with E-state index in [1.54, 1.807) is 37.6 Å². The van der Waals surface area contributed by atoms with Gasteiger partial charge in [-0.25, -0.2) is 0 Å². The van der Waals surface area contributed by atoms with Crippen molar-refractivity contribution in [2.24, 2.45) is 7.05 Å². The Bertz CT molecular complexity index is 1470. The third-order valence-electron chi connectivity index (χ3n) is 6.18. The van der Waals surface area contributed by atoms with Gasteiger partial charge in [0.05, 0.1) is 31.3 Å². The van der Waals surface area contributed by atoms with Gasteiger partial charge in [0.25, 0.3) is 0 Å². The molecule has 2 aliphatic rings. The predicted octanol–water partition coefficient (Wildman–Crippen LogP) is 4.84. The highest BCUT2D eigenvalue weighted by atomic mass is 16.5. The SMILES string of the molecule is COc1ccc2c(c1)c(C=C1Oc3c(ccc4c3C(c3ccco3)CC(=O)O4)C1=O)cn2C. The Hall–Kier alpha value is -4.26. The number of nitrogens with zero attached hydrogens (tertiary/aromatic N) is 1. The third kappa shape index (κ3) is 2.96. The number of hydrogen-bond donors (Lipinski definition) is 0.